The van der Waals surface area contributed by atoms with Gasteiger partial charge >= 0.3 is 5.97 Å². The number of carboxylic acids is 1. The number of carboxylic acid groups (broad SMARTS) is 1. The van der Waals surface area contributed by atoms with Gasteiger partial charge in [0.2, 0.25) is 0 Å². The molecule has 0 radical (unpaired) electrons. The van der Waals surface area contributed by atoms with Crippen LogP contribution < -0.4 is 4.74 Å². The predicted octanol–water partition coefficient (Wildman–Crippen LogP) is 4.99. The molecule has 0 amide bonds. The Morgan fingerprint density at radius 3 is 2.75 bits per heavy atom. The van der Waals surface area contributed by atoms with E-state index in [-0.39, 0.29) is 0 Å². The van der Waals surface area contributed by atoms with Crippen LogP contribution in [-0.4, -0.2) is 11.1 Å². The molecule has 0 spiro atoms. The van der Waals surface area contributed by atoms with Crippen LogP contribution in [0.4, 0.5) is 0 Å². The van der Waals surface area contributed by atoms with Crippen molar-refractivity contribution < 1.29 is 14.6 Å². The number of rotatable bonds is 4. The van der Waals surface area contributed by atoms with Crippen LogP contribution in [0.25, 0.3) is 6.08 Å². The van der Waals surface area contributed by atoms with E-state index in [1.54, 1.807) is 42.5 Å². The van der Waals surface area contributed by atoms with Crippen LogP contribution in [0, 0.1) is 0 Å². The number of hydrogen-bond acceptors (Lipinski definition) is 2. The van der Waals surface area contributed by atoms with E-state index in [2.05, 4.69) is 15.9 Å². The maximum absolute atomic E-state index is 10.5. The Hall–Kier alpha value is -1.78. The van der Waals surface area contributed by atoms with Crippen molar-refractivity contribution in [2.45, 2.75) is 0 Å². The van der Waals surface area contributed by atoms with Crippen molar-refractivity contribution in [3.8, 4) is 11.5 Å². The van der Waals surface area contributed by atoms with Crippen LogP contribution in [0.15, 0.2) is 53.0 Å². The number of halogens is 2. The lowest BCUT2D eigenvalue weighted by atomic mass is 10.2. The summed E-state index contributed by atoms with van der Waals surface area (Å²) in [5, 5.41) is 9.22. The zero-order chi connectivity index (χ0) is 14.5. The Morgan fingerprint density at radius 1 is 1.25 bits per heavy atom. The van der Waals surface area contributed by atoms with Gasteiger partial charge in [0.1, 0.15) is 11.5 Å². The lowest BCUT2D eigenvalue weighted by molar-refractivity contribution is -0.131. The van der Waals surface area contributed by atoms with Gasteiger partial charge in [-0.15, -0.1) is 0 Å². The molecule has 102 valence electrons. The van der Waals surface area contributed by atoms with Crippen LogP contribution in [0.5, 0.6) is 11.5 Å². The second-order valence-corrected chi connectivity index (χ2v) is 5.21. The molecule has 3 nitrogen and oxygen atoms in total. The van der Waals surface area contributed by atoms with Gasteiger partial charge < -0.3 is 9.84 Å². The minimum absolute atomic E-state index is 0.612. The molecular weight excluding hydrogens is 344 g/mol. The highest BCUT2D eigenvalue weighted by atomic mass is 79.9. The first-order valence-corrected chi connectivity index (χ1v) is 6.85. The summed E-state index contributed by atoms with van der Waals surface area (Å²) in [4.78, 5) is 10.5. The van der Waals surface area contributed by atoms with Gasteiger partial charge in [-0.2, -0.15) is 0 Å². The van der Waals surface area contributed by atoms with E-state index in [0.29, 0.717) is 16.5 Å². The fourth-order valence-corrected chi connectivity index (χ4v) is 2.30. The Kier molecular flexibility index (Phi) is 4.82. The van der Waals surface area contributed by atoms with E-state index in [9.17, 15) is 4.79 Å². The van der Waals surface area contributed by atoms with Crippen molar-refractivity contribution in [3.63, 3.8) is 0 Å². The van der Waals surface area contributed by atoms with Crippen LogP contribution in [0.2, 0.25) is 5.02 Å². The number of hydrogen-bond donors (Lipinski definition) is 1. The summed E-state index contributed by atoms with van der Waals surface area (Å²) in [5.41, 5.74) is 0.745. The van der Waals surface area contributed by atoms with E-state index in [1.807, 2.05) is 0 Å². The number of carbonyl (C=O) groups is 1. The molecule has 0 aliphatic carbocycles. The first kappa shape index (κ1) is 14.6. The van der Waals surface area contributed by atoms with Crippen LogP contribution in [0.1, 0.15) is 5.56 Å². The molecular formula is C15H10BrClO3. The Balaban J connectivity index is 2.21. The molecule has 0 fully saturated rings. The summed E-state index contributed by atoms with van der Waals surface area (Å²) in [6, 6.07) is 12.4. The van der Waals surface area contributed by atoms with E-state index in [4.69, 9.17) is 21.4 Å². The predicted molar refractivity (Wildman–Crippen MR) is 82.3 cm³/mol. The van der Waals surface area contributed by atoms with Gasteiger partial charge in [-0.1, -0.05) is 23.7 Å². The molecule has 0 saturated heterocycles. The van der Waals surface area contributed by atoms with Crippen molar-refractivity contribution in [2.75, 3.05) is 0 Å². The largest absolute Gasteiger partial charge is 0.478 e. The summed E-state index contributed by atoms with van der Waals surface area (Å²) >= 11 is 9.24. The topological polar surface area (TPSA) is 46.5 Å². The number of ether oxygens (including phenoxy) is 1. The maximum atomic E-state index is 10.5. The zero-order valence-corrected chi connectivity index (χ0v) is 12.6. The summed E-state index contributed by atoms with van der Waals surface area (Å²) in [7, 11) is 0. The van der Waals surface area contributed by atoms with Gasteiger partial charge in [-0.05, 0) is 57.9 Å². The van der Waals surface area contributed by atoms with Gasteiger partial charge in [0.15, 0.2) is 0 Å². The first-order valence-electron chi connectivity index (χ1n) is 5.68. The van der Waals surface area contributed by atoms with Crippen molar-refractivity contribution >= 4 is 39.6 Å². The molecule has 0 aromatic heterocycles. The second kappa shape index (κ2) is 6.59. The van der Waals surface area contributed by atoms with Crippen LogP contribution >= 0.6 is 27.5 Å². The molecule has 0 atom stereocenters. The molecule has 2 aromatic carbocycles. The molecule has 0 bridgehead atoms. The van der Waals surface area contributed by atoms with Crippen molar-refractivity contribution in [3.05, 3.63) is 63.6 Å². The van der Waals surface area contributed by atoms with E-state index in [0.717, 1.165) is 16.1 Å². The van der Waals surface area contributed by atoms with Gasteiger partial charge in [-0.25, -0.2) is 4.79 Å². The normalized spacial score (nSPS) is 10.7. The van der Waals surface area contributed by atoms with Crippen molar-refractivity contribution in [1.29, 1.82) is 0 Å². The number of benzene rings is 2. The molecule has 1 N–H and O–H groups in total. The minimum atomic E-state index is -0.989. The van der Waals surface area contributed by atoms with Gasteiger partial charge in [0.05, 0.1) is 4.47 Å². The molecule has 5 heteroatoms. The summed E-state index contributed by atoms with van der Waals surface area (Å²) in [5.74, 6) is 0.256. The van der Waals surface area contributed by atoms with Crippen LogP contribution in [-0.2, 0) is 4.79 Å². The quantitative estimate of drug-likeness (QED) is 0.787. The average Bonchev–Trinajstić information content (AvgIpc) is 2.40. The Bertz CT molecular complexity index is 668. The third-order valence-electron chi connectivity index (χ3n) is 2.40. The van der Waals surface area contributed by atoms with E-state index < -0.39 is 5.97 Å². The zero-order valence-electron chi connectivity index (χ0n) is 10.2. The molecule has 2 rings (SSSR count). The molecule has 0 aliphatic heterocycles. The summed E-state index contributed by atoms with van der Waals surface area (Å²) < 4.78 is 6.47. The van der Waals surface area contributed by atoms with Crippen molar-refractivity contribution in [2.24, 2.45) is 0 Å². The third-order valence-corrected chi connectivity index (χ3v) is 3.25. The SMILES string of the molecule is O=C(O)C=Cc1cccc(Oc2ccc(Cl)cc2Br)c1. The molecule has 0 saturated carbocycles. The third kappa shape index (κ3) is 4.11. The smallest absolute Gasteiger partial charge is 0.328 e. The van der Waals surface area contributed by atoms with Crippen LogP contribution in [0.3, 0.4) is 0 Å². The van der Waals surface area contributed by atoms with Gasteiger partial charge in [-0.3, -0.25) is 0 Å². The fraction of sp³-hybridized carbons (Fsp3) is 0. The van der Waals surface area contributed by atoms with E-state index in [1.165, 1.54) is 6.08 Å². The van der Waals surface area contributed by atoms with Gasteiger partial charge in [0.25, 0.3) is 0 Å². The highest BCUT2D eigenvalue weighted by molar-refractivity contribution is 9.10. The van der Waals surface area contributed by atoms with Gasteiger partial charge in [0, 0.05) is 11.1 Å². The fourth-order valence-electron chi connectivity index (χ4n) is 1.53. The molecule has 0 aliphatic rings. The Labute approximate surface area is 129 Å². The highest BCUT2D eigenvalue weighted by Crippen LogP contribution is 2.32. The Morgan fingerprint density at radius 2 is 2.05 bits per heavy atom. The lowest BCUT2D eigenvalue weighted by Gasteiger charge is -2.08. The molecule has 20 heavy (non-hydrogen) atoms. The molecule has 0 heterocycles. The monoisotopic (exact) mass is 352 g/mol. The molecule has 2 aromatic rings. The van der Waals surface area contributed by atoms with Crippen molar-refractivity contribution in [1.82, 2.24) is 0 Å². The number of aliphatic carboxylic acids is 1. The summed E-state index contributed by atoms with van der Waals surface area (Å²) in [6.07, 6.45) is 2.59. The highest BCUT2D eigenvalue weighted by Gasteiger charge is 2.04. The molecule has 0 unspecified atom stereocenters. The summed E-state index contributed by atoms with van der Waals surface area (Å²) in [6.45, 7) is 0. The first-order chi connectivity index (χ1) is 9.54. The lowest BCUT2D eigenvalue weighted by Crippen LogP contribution is -1.87. The second-order valence-electron chi connectivity index (χ2n) is 3.92. The standard InChI is InChI=1S/C15H10BrClO3/c16-13-9-11(17)5-6-14(13)20-12-3-1-2-10(8-12)4-7-15(18)19/h1-9H,(H,18,19). The minimum Gasteiger partial charge on any atom is -0.478 e. The maximum Gasteiger partial charge on any atom is 0.328 e. The van der Waals surface area contributed by atoms with E-state index >= 15 is 0 Å². The average molecular weight is 354 g/mol.